The number of aliphatic hydroxyl groups excluding tert-OH is 1. The molecule has 0 radical (unpaired) electrons. The molecule has 1 atom stereocenters. The number of ketones is 1. The number of nitrogens with zero attached hydrogens (tertiary/aromatic N) is 4. The van der Waals surface area contributed by atoms with Crippen LogP contribution in [-0.2, 0) is 14.3 Å². The number of aliphatic hydroxyl groups is 1. The van der Waals surface area contributed by atoms with Crippen LogP contribution in [0.2, 0.25) is 0 Å². The molecule has 0 unspecified atom stereocenters. The molecule has 1 N–H and O–H groups in total. The third-order valence-corrected chi connectivity index (χ3v) is 7.19. The quantitative estimate of drug-likeness (QED) is 0.279. The fraction of sp³-hybridized carbons (Fsp3) is 0.345. The van der Waals surface area contributed by atoms with E-state index < -0.39 is 17.7 Å². The Morgan fingerprint density at radius 2 is 1.84 bits per heavy atom. The lowest BCUT2D eigenvalue weighted by molar-refractivity contribution is -0.140. The van der Waals surface area contributed by atoms with Gasteiger partial charge in [-0.1, -0.05) is 30.3 Å². The molecule has 3 heterocycles. The highest BCUT2D eigenvalue weighted by Gasteiger charge is 2.46. The van der Waals surface area contributed by atoms with E-state index in [0.717, 1.165) is 25.3 Å². The minimum absolute atomic E-state index is 0.0605. The van der Waals surface area contributed by atoms with Gasteiger partial charge in [-0.05, 0) is 43.2 Å². The van der Waals surface area contributed by atoms with Crippen LogP contribution >= 0.6 is 0 Å². The molecular formula is C29H32N4O5. The first-order valence-electron chi connectivity index (χ1n) is 12.8. The van der Waals surface area contributed by atoms with E-state index in [1.165, 1.54) is 6.20 Å². The molecule has 0 spiro atoms. The second-order valence-corrected chi connectivity index (χ2v) is 9.47. The molecule has 5 rings (SSSR count). The zero-order valence-electron chi connectivity index (χ0n) is 21.7. The maximum Gasteiger partial charge on any atom is 0.295 e. The van der Waals surface area contributed by atoms with Gasteiger partial charge in [0.1, 0.15) is 11.5 Å². The van der Waals surface area contributed by atoms with E-state index in [1.807, 2.05) is 55.5 Å². The van der Waals surface area contributed by atoms with Crippen LogP contribution in [0.25, 0.3) is 11.4 Å². The van der Waals surface area contributed by atoms with Gasteiger partial charge in [-0.25, -0.2) is 4.68 Å². The molecule has 2 saturated heterocycles. The number of methoxy groups -OCH3 is 1. The average Bonchev–Trinajstić information content (AvgIpc) is 3.46. The smallest absolute Gasteiger partial charge is 0.295 e. The summed E-state index contributed by atoms with van der Waals surface area (Å²) >= 11 is 0. The van der Waals surface area contributed by atoms with Gasteiger partial charge >= 0.3 is 0 Å². The van der Waals surface area contributed by atoms with Crippen LogP contribution in [0.1, 0.15) is 29.3 Å². The number of morpholine rings is 1. The third-order valence-electron chi connectivity index (χ3n) is 7.19. The first-order chi connectivity index (χ1) is 18.5. The Bertz CT molecular complexity index is 1340. The van der Waals surface area contributed by atoms with Crippen LogP contribution < -0.4 is 4.74 Å². The maximum absolute atomic E-state index is 13.4. The zero-order valence-corrected chi connectivity index (χ0v) is 21.7. The number of benzene rings is 2. The molecule has 0 saturated carbocycles. The Hall–Kier alpha value is -3.95. The van der Waals surface area contributed by atoms with Crippen LogP contribution in [-0.4, -0.2) is 82.9 Å². The van der Waals surface area contributed by atoms with Crippen molar-refractivity contribution in [2.75, 3.05) is 46.5 Å². The minimum atomic E-state index is -0.741. The minimum Gasteiger partial charge on any atom is -0.507 e. The summed E-state index contributed by atoms with van der Waals surface area (Å²) in [5.74, 6) is -0.941. The van der Waals surface area contributed by atoms with Crippen LogP contribution in [0.5, 0.6) is 5.75 Å². The molecule has 9 nitrogen and oxygen atoms in total. The Balaban J connectivity index is 1.52. The molecule has 2 fully saturated rings. The average molecular weight is 517 g/mol. The second kappa shape index (κ2) is 11.2. The topological polar surface area (TPSA) is 97.1 Å². The van der Waals surface area contributed by atoms with Gasteiger partial charge in [0.25, 0.3) is 11.7 Å². The summed E-state index contributed by atoms with van der Waals surface area (Å²) in [5.41, 5.74) is 2.66. The van der Waals surface area contributed by atoms with Crippen LogP contribution in [0.15, 0.2) is 66.4 Å². The molecule has 1 amide bonds. The molecule has 1 aromatic heterocycles. The van der Waals surface area contributed by atoms with Gasteiger partial charge in [-0.15, -0.1) is 0 Å². The molecule has 9 heteroatoms. The van der Waals surface area contributed by atoms with E-state index in [9.17, 15) is 14.7 Å². The van der Waals surface area contributed by atoms with Gasteiger partial charge in [0.05, 0.1) is 55.1 Å². The lowest BCUT2D eigenvalue weighted by Crippen LogP contribution is -2.38. The van der Waals surface area contributed by atoms with Gasteiger partial charge in [0, 0.05) is 26.2 Å². The second-order valence-electron chi connectivity index (χ2n) is 9.47. The number of ether oxygens (including phenoxy) is 2. The highest BCUT2D eigenvalue weighted by molar-refractivity contribution is 6.46. The van der Waals surface area contributed by atoms with Crippen molar-refractivity contribution in [3.63, 3.8) is 0 Å². The van der Waals surface area contributed by atoms with Gasteiger partial charge in [0.15, 0.2) is 0 Å². The van der Waals surface area contributed by atoms with Crippen LogP contribution in [0.3, 0.4) is 0 Å². The fourth-order valence-electron chi connectivity index (χ4n) is 5.17. The molecule has 2 aliphatic rings. The highest BCUT2D eigenvalue weighted by Crippen LogP contribution is 2.40. The Kier molecular flexibility index (Phi) is 7.57. The highest BCUT2D eigenvalue weighted by atomic mass is 16.5. The van der Waals surface area contributed by atoms with E-state index in [0.29, 0.717) is 48.7 Å². The van der Waals surface area contributed by atoms with Crippen LogP contribution in [0, 0.1) is 6.92 Å². The number of rotatable bonds is 8. The first-order valence-corrected chi connectivity index (χ1v) is 12.8. The van der Waals surface area contributed by atoms with Crippen LogP contribution in [0.4, 0.5) is 0 Å². The summed E-state index contributed by atoms with van der Waals surface area (Å²) in [6.07, 6.45) is 2.23. The Morgan fingerprint density at radius 1 is 1.08 bits per heavy atom. The van der Waals surface area contributed by atoms with E-state index in [4.69, 9.17) is 9.47 Å². The zero-order chi connectivity index (χ0) is 26.6. The summed E-state index contributed by atoms with van der Waals surface area (Å²) in [7, 11) is 1.57. The van der Waals surface area contributed by atoms with Crippen molar-refractivity contribution in [3.05, 3.63) is 83.2 Å². The first kappa shape index (κ1) is 25.7. The van der Waals surface area contributed by atoms with E-state index >= 15 is 0 Å². The number of carbonyl (C=O) groups excluding carboxylic acids is 2. The number of hydrogen-bond acceptors (Lipinski definition) is 7. The van der Waals surface area contributed by atoms with E-state index in [-0.39, 0.29) is 11.3 Å². The normalized spacial score (nSPS) is 19.7. The predicted octanol–water partition coefficient (Wildman–Crippen LogP) is 3.33. The summed E-state index contributed by atoms with van der Waals surface area (Å²) < 4.78 is 12.5. The molecule has 2 aromatic carbocycles. The van der Waals surface area contributed by atoms with Crippen molar-refractivity contribution < 1.29 is 24.2 Å². The number of amides is 1. The Labute approximate surface area is 221 Å². The van der Waals surface area contributed by atoms with Gasteiger partial charge in [-0.3, -0.25) is 14.5 Å². The van der Waals surface area contributed by atoms with E-state index in [1.54, 1.807) is 22.8 Å². The molecule has 0 aliphatic carbocycles. The standard InChI is InChI=1S/C29H32N4O5/c1-20-24(19-30-33(20)22-9-4-3-5-10-22)27(34)25-26(21-8-6-11-23(18-21)37-2)32(29(36)28(25)35)13-7-12-31-14-16-38-17-15-31/h3-6,8-11,18-19,26,34H,7,12-17H2,1-2H3/t26-/m0/s1. The molecule has 2 aliphatic heterocycles. The molecular weight excluding hydrogens is 484 g/mol. The SMILES string of the molecule is COc1cccc([C@H]2C(=C(O)c3cnn(-c4ccccc4)c3C)C(=O)C(=O)N2CCCN2CCOCC2)c1. The number of para-hydroxylation sites is 1. The Morgan fingerprint density at radius 3 is 2.58 bits per heavy atom. The number of aromatic nitrogens is 2. The summed E-state index contributed by atoms with van der Waals surface area (Å²) in [6, 6.07) is 16.1. The maximum atomic E-state index is 13.4. The summed E-state index contributed by atoms with van der Waals surface area (Å²) in [4.78, 5) is 30.6. The molecule has 3 aromatic rings. The van der Waals surface area contributed by atoms with Gasteiger partial charge < -0.3 is 19.5 Å². The van der Waals surface area contributed by atoms with Crippen molar-refractivity contribution in [2.24, 2.45) is 0 Å². The molecule has 38 heavy (non-hydrogen) atoms. The van der Waals surface area contributed by atoms with Crippen molar-refractivity contribution >= 4 is 17.4 Å². The van der Waals surface area contributed by atoms with Crippen molar-refractivity contribution in [2.45, 2.75) is 19.4 Å². The largest absolute Gasteiger partial charge is 0.507 e. The number of Topliss-reactive ketones (excluding diaryl/α,β-unsaturated/α-hetero) is 1. The molecule has 198 valence electrons. The van der Waals surface area contributed by atoms with Gasteiger partial charge in [-0.2, -0.15) is 5.10 Å². The van der Waals surface area contributed by atoms with Crippen molar-refractivity contribution in [3.8, 4) is 11.4 Å². The number of likely N-dealkylation sites (tertiary alicyclic amines) is 1. The van der Waals surface area contributed by atoms with E-state index in [2.05, 4.69) is 10.00 Å². The summed E-state index contributed by atoms with van der Waals surface area (Å²) in [5, 5.41) is 16.0. The summed E-state index contributed by atoms with van der Waals surface area (Å²) in [6.45, 7) is 6.09. The third kappa shape index (κ3) is 4.94. The monoisotopic (exact) mass is 516 g/mol. The number of carbonyl (C=O) groups is 2. The lowest BCUT2D eigenvalue weighted by atomic mass is 9.95. The fourth-order valence-corrected chi connectivity index (χ4v) is 5.17. The van der Waals surface area contributed by atoms with Crippen molar-refractivity contribution in [1.29, 1.82) is 0 Å². The number of hydrogen-bond donors (Lipinski definition) is 1. The lowest BCUT2D eigenvalue weighted by Gasteiger charge is -2.29. The predicted molar refractivity (Wildman–Crippen MR) is 142 cm³/mol. The van der Waals surface area contributed by atoms with Gasteiger partial charge in [0.2, 0.25) is 0 Å². The molecule has 0 bridgehead atoms. The van der Waals surface area contributed by atoms with Crippen molar-refractivity contribution in [1.82, 2.24) is 19.6 Å².